The number of alkyl halides is 6. The van der Waals surface area contributed by atoms with Crippen LogP contribution in [0.15, 0.2) is 59.4 Å². The summed E-state index contributed by atoms with van der Waals surface area (Å²) in [5.74, 6) is -0.292. The van der Waals surface area contributed by atoms with Gasteiger partial charge in [0.15, 0.2) is 11.6 Å². The van der Waals surface area contributed by atoms with Crippen LogP contribution < -0.4 is 4.74 Å². The molecule has 0 bridgehead atoms. The van der Waals surface area contributed by atoms with Crippen molar-refractivity contribution in [3.8, 4) is 28.6 Å². The van der Waals surface area contributed by atoms with Crippen LogP contribution in [0.4, 0.5) is 26.3 Å². The van der Waals surface area contributed by atoms with E-state index in [9.17, 15) is 26.3 Å². The molecular weight excluding hydrogens is 444 g/mol. The third kappa shape index (κ3) is 4.87. The molecule has 0 saturated heterocycles. The van der Waals surface area contributed by atoms with Gasteiger partial charge >= 0.3 is 12.5 Å². The Morgan fingerprint density at radius 3 is 2.44 bits per heavy atom. The molecule has 0 radical (unpaired) electrons. The summed E-state index contributed by atoms with van der Waals surface area (Å²) in [7, 11) is 0. The van der Waals surface area contributed by atoms with E-state index in [1.165, 1.54) is 35.3 Å². The van der Waals surface area contributed by atoms with Gasteiger partial charge in [0, 0.05) is 11.1 Å². The molecule has 166 valence electrons. The van der Waals surface area contributed by atoms with Crippen LogP contribution in [0.5, 0.6) is 5.75 Å². The van der Waals surface area contributed by atoms with Gasteiger partial charge in [-0.3, -0.25) is 0 Å². The van der Waals surface area contributed by atoms with Crippen molar-refractivity contribution in [3.05, 3.63) is 66.2 Å². The predicted octanol–water partition coefficient (Wildman–Crippen LogP) is 4.96. The molecule has 32 heavy (non-hydrogen) atoms. The fourth-order valence-corrected chi connectivity index (χ4v) is 2.83. The molecule has 0 N–H and O–H groups in total. The molecule has 4 aromatic rings. The monoisotopic (exact) mass is 455 g/mol. The zero-order valence-corrected chi connectivity index (χ0v) is 15.7. The summed E-state index contributed by atoms with van der Waals surface area (Å²) in [5.41, 5.74) is -0.505. The van der Waals surface area contributed by atoms with Gasteiger partial charge in [-0.15, -0.1) is 13.2 Å². The molecule has 0 aliphatic carbocycles. The summed E-state index contributed by atoms with van der Waals surface area (Å²) in [4.78, 5) is 8.10. The molecule has 2 aromatic carbocycles. The van der Waals surface area contributed by atoms with Crippen LogP contribution in [0.1, 0.15) is 11.4 Å². The number of halogens is 6. The van der Waals surface area contributed by atoms with E-state index >= 15 is 0 Å². The van der Waals surface area contributed by atoms with Crippen molar-refractivity contribution in [2.75, 3.05) is 0 Å². The maximum Gasteiger partial charge on any atom is 0.573 e. The highest BCUT2D eigenvalue weighted by Crippen LogP contribution is 2.32. The van der Waals surface area contributed by atoms with Crippen molar-refractivity contribution in [1.29, 1.82) is 0 Å². The molecule has 0 amide bonds. The Morgan fingerprint density at radius 1 is 0.938 bits per heavy atom. The Hall–Kier alpha value is -3.90. The minimum absolute atomic E-state index is 0.0758. The van der Waals surface area contributed by atoms with E-state index in [0.717, 1.165) is 24.3 Å². The third-order valence-electron chi connectivity index (χ3n) is 4.14. The number of benzene rings is 2. The van der Waals surface area contributed by atoms with Gasteiger partial charge in [0.1, 0.15) is 18.6 Å². The van der Waals surface area contributed by atoms with Crippen LogP contribution in [0, 0.1) is 0 Å². The fraction of sp³-hybridized carbons (Fsp3) is 0.158. The second kappa shape index (κ2) is 7.98. The molecule has 0 spiro atoms. The molecule has 7 nitrogen and oxygen atoms in total. The maximum absolute atomic E-state index is 12.9. The van der Waals surface area contributed by atoms with Gasteiger partial charge in [-0.05, 0) is 30.3 Å². The minimum Gasteiger partial charge on any atom is -0.406 e. The first kappa shape index (κ1) is 21.3. The lowest BCUT2D eigenvalue weighted by atomic mass is 10.1. The highest BCUT2D eigenvalue weighted by molar-refractivity contribution is 5.58. The smallest absolute Gasteiger partial charge is 0.406 e. The highest BCUT2D eigenvalue weighted by atomic mass is 19.4. The average molecular weight is 455 g/mol. The summed E-state index contributed by atoms with van der Waals surface area (Å²) < 4.78 is 86.4. The summed E-state index contributed by atoms with van der Waals surface area (Å²) in [6, 6.07) is 9.54. The lowest BCUT2D eigenvalue weighted by Crippen LogP contribution is -2.17. The van der Waals surface area contributed by atoms with Crippen LogP contribution in [-0.4, -0.2) is 31.3 Å². The van der Waals surface area contributed by atoms with E-state index in [1.54, 1.807) is 0 Å². The summed E-state index contributed by atoms with van der Waals surface area (Å²) >= 11 is 0. The van der Waals surface area contributed by atoms with Crippen molar-refractivity contribution in [2.45, 2.75) is 19.1 Å². The highest BCUT2D eigenvalue weighted by Gasteiger charge is 2.32. The Bertz CT molecular complexity index is 1230. The van der Waals surface area contributed by atoms with Gasteiger partial charge in [0.25, 0.3) is 5.89 Å². The molecule has 0 aliphatic heterocycles. The van der Waals surface area contributed by atoms with Gasteiger partial charge in [0.05, 0.1) is 5.56 Å². The Kier molecular flexibility index (Phi) is 5.32. The van der Waals surface area contributed by atoms with Crippen molar-refractivity contribution in [1.82, 2.24) is 24.9 Å². The van der Waals surface area contributed by atoms with E-state index in [1.807, 2.05) is 0 Å². The molecule has 0 unspecified atom stereocenters. The van der Waals surface area contributed by atoms with Gasteiger partial charge in [-0.1, -0.05) is 23.4 Å². The van der Waals surface area contributed by atoms with Crippen molar-refractivity contribution in [2.24, 2.45) is 0 Å². The topological polar surface area (TPSA) is 78.9 Å². The molecule has 2 aromatic heterocycles. The van der Waals surface area contributed by atoms with Crippen LogP contribution in [0.2, 0.25) is 0 Å². The molecular formula is C19H11F6N5O2. The molecule has 0 fully saturated rings. The Balaban J connectivity index is 1.57. The molecule has 2 heterocycles. The normalized spacial score (nSPS) is 12.2. The summed E-state index contributed by atoms with van der Waals surface area (Å²) in [6.07, 6.45) is -8.20. The van der Waals surface area contributed by atoms with Crippen molar-refractivity contribution < 1.29 is 35.6 Å². The standard InChI is InChI=1S/C19H11F6N5O2/c20-18(21,22)13-5-1-4-12(7-13)17-28-15(29-32-17)9-30-16(26-10-27-30)11-3-2-6-14(8-11)31-19(23,24)25/h1-8,10H,9H2. The van der Waals surface area contributed by atoms with Crippen molar-refractivity contribution in [3.63, 3.8) is 0 Å². The Labute approximate surface area is 175 Å². The largest absolute Gasteiger partial charge is 0.573 e. The number of nitrogens with zero attached hydrogens (tertiary/aromatic N) is 5. The zero-order chi connectivity index (χ0) is 22.9. The molecule has 4 rings (SSSR count). The summed E-state index contributed by atoms with van der Waals surface area (Å²) in [5, 5.41) is 7.72. The van der Waals surface area contributed by atoms with Gasteiger partial charge in [-0.25, -0.2) is 9.67 Å². The first-order chi connectivity index (χ1) is 15.1. The first-order valence-electron chi connectivity index (χ1n) is 8.83. The second-order valence-corrected chi connectivity index (χ2v) is 6.41. The molecule has 0 atom stereocenters. The molecule has 0 aliphatic rings. The quantitative estimate of drug-likeness (QED) is 0.396. The van der Waals surface area contributed by atoms with Crippen LogP contribution in [0.25, 0.3) is 22.8 Å². The SMILES string of the molecule is FC(F)(F)Oc1cccc(-c2ncnn2Cc2noc(-c3cccc(C(F)(F)F)c3)n2)c1. The van der Waals surface area contributed by atoms with Crippen LogP contribution >= 0.6 is 0 Å². The van der Waals surface area contributed by atoms with E-state index in [-0.39, 0.29) is 35.2 Å². The molecule has 0 saturated carbocycles. The van der Waals surface area contributed by atoms with Crippen LogP contribution in [0.3, 0.4) is 0 Å². The minimum atomic E-state index is -4.85. The number of ether oxygens (including phenoxy) is 1. The van der Waals surface area contributed by atoms with E-state index < -0.39 is 23.9 Å². The fourth-order valence-electron chi connectivity index (χ4n) is 2.83. The number of aromatic nitrogens is 5. The molecule has 13 heteroatoms. The lowest BCUT2D eigenvalue weighted by molar-refractivity contribution is -0.274. The zero-order valence-electron chi connectivity index (χ0n) is 15.7. The third-order valence-corrected chi connectivity index (χ3v) is 4.14. The van der Waals surface area contributed by atoms with Crippen LogP contribution in [-0.2, 0) is 12.7 Å². The second-order valence-electron chi connectivity index (χ2n) is 6.41. The van der Waals surface area contributed by atoms with Gasteiger partial charge in [0.2, 0.25) is 0 Å². The average Bonchev–Trinajstić information content (AvgIpc) is 3.36. The van der Waals surface area contributed by atoms with Gasteiger partial charge in [-0.2, -0.15) is 23.3 Å². The van der Waals surface area contributed by atoms with Crippen molar-refractivity contribution >= 4 is 0 Å². The number of rotatable bonds is 5. The number of hydrogen-bond acceptors (Lipinski definition) is 6. The van der Waals surface area contributed by atoms with E-state index in [0.29, 0.717) is 0 Å². The predicted molar refractivity (Wildman–Crippen MR) is 96.0 cm³/mol. The van der Waals surface area contributed by atoms with E-state index in [2.05, 4.69) is 25.0 Å². The maximum atomic E-state index is 12.9. The van der Waals surface area contributed by atoms with E-state index in [4.69, 9.17) is 4.52 Å². The summed E-state index contributed by atoms with van der Waals surface area (Å²) in [6.45, 7) is -0.0951. The Morgan fingerprint density at radius 2 is 1.69 bits per heavy atom. The van der Waals surface area contributed by atoms with Gasteiger partial charge < -0.3 is 9.26 Å². The first-order valence-corrected chi connectivity index (χ1v) is 8.83. The lowest BCUT2D eigenvalue weighted by Gasteiger charge is -2.10. The number of hydrogen-bond donors (Lipinski definition) is 0.